The number of rotatable bonds is 11. The van der Waals surface area contributed by atoms with Crippen LogP contribution in [0.2, 0.25) is 0 Å². The molecular formula is C55H63N9O9S. The summed E-state index contributed by atoms with van der Waals surface area (Å²) in [5.41, 5.74) is 5.93. The number of nitrogens with zero attached hydrogens (tertiary/aromatic N) is 6. The van der Waals surface area contributed by atoms with Crippen LogP contribution < -0.4 is 29.3 Å². The zero-order valence-corrected chi connectivity index (χ0v) is 42.3. The summed E-state index contributed by atoms with van der Waals surface area (Å²) in [7, 11) is -4.69. The highest BCUT2D eigenvalue weighted by Crippen LogP contribution is 2.55. The van der Waals surface area contributed by atoms with Crippen LogP contribution in [0.5, 0.6) is 11.6 Å². The highest BCUT2D eigenvalue weighted by atomic mass is 32.2. The number of nitrogens with one attached hydrogen (secondary N) is 3. The third-order valence-corrected chi connectivity index (χ3v) is 19.4. The number of carbonyl (C=O) groups excluding carboxylic acids is 1. The van der Waals surface area contributed by atoms with Crippen LogP contribution in [0.3, 0.4) is 0 Å². The number of hydrogen-bond acceptors (Lipinski definition) is 15. The van der Waals surface area contributed by atoms with Gasteiger partial charge in [-0.3, -0.25) is 24.7 Å². The van der Waals surface area contributed by atoms with Gasteiger partial charge in [-0.1, -0.05) is 24.3 Å². The van der Waals surface area contributed by atoms with Crippen molar-refractivity contribution in [1.82, 2.24) is 24.5 Å². The predicted molar refractivity (Wildman–Crippen MR) is 277 cm³/mol. The van der Waals surface area contributed by atoms with Crippen LogP contribution in [-0.2, 0) is 19.5 Å². The van der Waals surface area contributed by atoms with Crippen LogP contribution >= 0.6 is 0 Å². The molecule has 1 amide bonds. The highest BCUT2D eigenvalue weighted by molar-refractivity contribution is 7.90. The summed E-state index contributed by atoms with van der Waals surface area (Å²) in [5, 5.41) is 16.7. The average molecular weight is 1030 g/mol. The van der Waals surface area contributed by atoms with E-state index in [9.17, 15) is 23.3 Å². The van der Waals surface area contributed by atoms with Crippen LogP contribution in [0.1, 0.15) is 97.7 Å². The molecule has 5 saturated heterocycles. The number of aromatic amines is 1. The van der Waals surface area contributed by atoms with Crippen molar-refractivity contribution in [2.45, 2.75) is 111 Å². The van der Waals surface area contributed by atoms with E-state index in [0.29, 0.717) is 85.8 Å². The van der Waals surface area contributed by atoms with Gasteiger partial charge >= 0.3 is 0 Å². The van der Waals surface area contributed by atoms with Crippen LogP contribution in [0, 0.1) is 21.4 Å². The Bertz CT molecular complexity index is 3150. The fraction of sp³-hybridized carbons (Fsp3) is 0.527. The zero-order valence-electron chi connectivity index (χ0n) is 41.5. The van der Waals surface area contributed by atoms with Crippen molar-refractivity contribution in [2.24, 2.45) is 11.3 Å². The smallest absolute Gasteiger partial charge is 0.297 e. The van der Waals surface area contributed by atoms with E-state index < -0.39 is 31.4 Å². The lowest BCUT2D eigenvalue weighted by molar-refractivity contribution is -0.384. The summed E-state index contributed by atoms with van der Waals surface area (Å²) < 4.78 is 55.7. The van der Waals surface area contributed by atoms with Crippen LogP contribution in [0.25, 0.3) is 11.0 Å². The second kappa shape index (κ2) is 18.1. The molecule has 0 unspecified atom stereocenters. The second-order valence-corrected chi connectivity index (χ2v) is 24.3. The van der Waals surface area contributed by atoms with Crippen molar-refractivity contribution in [3.05, 3.63) is 99.7 Å². The molecular weight excluding hydrogens is 963 g/mol. The molecule has 2 saturated carbocycles. The topological polar surface area (TPSA) is 197 Å². The summed E-state index contributed by atoms with van der Waals surface area (Å²) in [5.74, 6) is 0.200. The molecule has 7 fully saturated rings. The van der Waals surface area contributed by atoms with Gasteiger partial charge in [0, 0.05) is 92.6 Å². The normalized spacial score (nSPS) is 27.6. The number of morpholine rings is 1. The van der Waals surface area contributed by atoms with Crippen molar-refractivity contribution in [3.8, 4) is 11.6 Å². The van der Waals surface area contributed by atoms with E-state index in [0.717, 1.165) is 62.0 Å². The second-order valence-electron chi connectivity index (χ2n) is 22.6. The fourth-order valence-corrected chi connectivity index (χ4v) is 15.0. The Balaban J connectivity index is 0.747. The number of H-pyrrole nitrogens is 1. The maximum atomic E-state index is 14.8. The minimum Gasteiger partial charge on any atom is -0.489 e. The van der Waals surface area contributed by atoms with Crippen LogP contribution in [-0.4, -0.2) is 135 Å². The minimum absolute atomic E-state index is 0.0317. The molecule has 5 aromatic rings. The average Bonchev–Trinajstić information content (AvgIpc) is 3.66. The number of nitro groups is 1. The molecule has 2 bridgehead atoms. The van der Waals surface area contributed by atoms with E-state index in [-0.39, 0.29) is 47.8 Å². The van der Waals surface area contributed by atoms with Crippen molar-refractivity contribution in [3.63, 3.8) is 0 Å². The van der Waals surface area contributed by atoms with E-state index in [1.165, 1.54) is 51.1 Å². The number of benzene rings is 3. The molecule has 1 spiro atoms. The number of pyridine rings is 1. The van der Waals surface area contributed by atoms with E-state index >= 15 is 0 Å². The Morgan fingerprint density at radius 3 is 2.57 bits per heavy atom. The Labute approximate surface area is 430 Å². The molecule has 19 heteroatoms. The molecule has 3 aromatic carbocycles. The number of piperidine rings is 1. The molecule has 388 valence electrons. The highest BCUT2D eigenvalue weighted by Gasteiger charge is 2.51. The van der Waals surface area contributed by atoms with Crippen LogP contribution in [0.15, 0.2) is 77.8 Å². The number of fused-ring (bicyclic) bond motifs is 6. The quantitative estimate of drug-likeness (QED) is 0.0862. The molecule has 18 nitrogen and oxygen atoms in total. The standard InChI is InChI=1S/C55H63N9O9S/c65-53(59-74(68,69)41-23-47(64(66)67)51-50(24-41)72-31-36(57-51)28-61-29-40-21-38(61)32-71-40)44-10-9-37(22-46(44)63-27-35-30-70-19-12-49(35)73-54-48(63)20-34-11-15-56-52(34)58-54)60-17-13-55(14-18-60)25-39(26-55)62-16-3-6-45(62)43-5-2-1-4-42(43)33-7-8-33/h1-2,4-5,9-11,15,20,22-24,33,35-36,38-40,45,49,57H,3,6-8,12-14,16-19,21,25-32H2,(H,56,58)(H,59,65)/t35-,36+,38+,40+,45-,49-/m0/s1. The summed E-state index contributed by atoms with van der Waals surface area (Å²) in [4.78, 5) is 44.1. The first kappa shape index (κ1) is 46.5. The van der Waals surface area contributed by atoms with Crippen LogP contribution in [0.4, 0.5) is 28.4 Å². The number of likely N-dealkylation sites (tertiary alicyclic amines) is 2. The SMILES string of the molecule is O=C(NS(=O)(=O)c1cc2c(c([N+](=O)[O-])c1)N[C@H](CN1C[C@H]3C[C@@H]1CO3)CO2)c1ccc(N2CCC3(CC2)CC(N2CCC[C@H]2c2ccccc2C2CC2)C3)cc1N1C[C@H]2COCC[C@@H]2Oc2nc3[nH]ccc3cc21. The summed E-state index contributed by atoms with van der Waals surface area (Å²) >= 11 is 0. The maximum absolute atomic E-state index is 14.8. The Hall–Kier alpha value is -5.99. The molecule has 0 radical (unpaired) electrons. The first-order valence-electron chi connectivity index (χ1n) is 26.9. The van der Waals surface area contributed by atoms with Crippen molar-refractivity contribution in [2.75, 3.05) is 80.8 Å². The fourth-order valence-electron chi connectivity index (χ4n) is 14.0. The first-order valence-corrected chi connectivity index (χ1v) is 28.4. The molecule has 6 atom stereocenters. The number of carbonyl (C=O) groups is 1. The number of amides is 1. The molecule has 3 N–H and O–H groups in total. The van der Waals surface area contributed by atoms with Gasteiger partial charge in [0.05, 0.1) is 53.0 Å². The number of anilines is 4. The monoisotopic (exact) mass is 1030 g/mol. The third-order valence-electron chi connectivity index (χ3n) is 18.1. The molecule has 9 heterocycles. The van der Waals surface area contributed by atoms with Gasteiger partial charge < -0.3 is 39.0 Å². The van der Waals surface area contributed by atoms with Gasteiger partial charge in [0.15, 0.2) is 11.4 Å². The lowest BCUT2D eigenvalue weighted by atomic mass is 9.59. The van der Waals surface area contributed by atoms with Crippen molar-refractivity contribution in [1.29, 1.82) is 0 Å². The molecule has 2 aliphatic carbocycles. The molecule has 14 rings (SSSR count). The molecule has 2 aromatic heterocycles. The number of hydrogen-bond donors (Lipinski definition) is 3. The van der Waals surface area contributed by atoms with Gasteiger partial charge in [-0.2, -0.15) is 4.98 Å². The summed E-state index contributed by atoms with van der Waals surface area (Å²) in [6.45, 7) is 6.49. The molecule has 9 aliphatic rings. The number of ether oxygens (including phenoxy) is 4. The summed E-state index contributed by atoms with van der Waals surface area (Å²) in [6.07, 6.45) is 13.1. The Morgan fingerprint density at radius 1 is 0.919 bits per heavy atom. The van der Waals surface area contributed by atoms with Gasteiger partial charge in [0.2, 0.25) is 5.88 Å². The van der Waals surface area contributed by atoms with Crippen molar-refractivity contribution < 1.29 is 37.1 Å². The number of nitro benzene ring substituents is 1. The number of aromatic nitrogens is 2. The van der Waals surface area contributed by atoms with E-state index in [2.05, 4.69) is 54.0 Å². The Morgan fingerprint density at radius 2 is 1.77 bits per heavy atom. The maximum Gasteiger partial charge on any atom is 0.297 e. The molecule has 7 aliphatic heterocycles. The minimum atomic E-state index is -4.69. The number of sulfonamides is 1. The summed E-state index contributed by atoms with van der Waals surface area (Å²) in [6, 6.07) is 22.1. The van der Waals surface area contributed by atoms with Gasteiger partial charge in [0.25, 0.3) is 21.6 Å². The zero-order chi connectivity index (χ0) is 49.9. The van der Waals surface area contributed by atoms with E-state index in [1.54, 1.807) is 17.2 Å². The first-order chi connectivity index (χ1) is 36.0. The van der Waals surface area contributed by atoms with Crippen molar-refractivity contribution >= 4 is 55.4 Å². The Kier molecular flexibility index (Phi) is 11.4. The van der Waals surface area contributed by atoms with Gasteiger partial charge in [0.1, 0.15) is 24.0 Å². The van der Waals surface area contributed by atoms with Gasteiger partial charge in [-0.15, -0.1) is 0 Å². The predicted octanol–water partition coefficient (Wildman–Crippen LogP) is 7.63. The lowest BCUT2D eigenvalue weighted by Gasteiger charge is -2.56. The van der Waals surface area contributed by atoms with E-state index in [1.807, 2.05) is 35.4 Å². The van der Waals surface area contributed by atoms with Gasteiger partial charge in [-0.25, -0.2) is 13.1 Å². The lowest BCUT2D eigenvalue weighted by Crippen LogP contribution is -2.55. The van der Waals surface area contributed by atoms with E-state index in [4.69, 9.17) is 23.9 Å². The largest absolute Gasteiger partial charge is 0.489 e. The molecule has 74 heavy (non-hydrogen) atoms. The van der Waals surface area contributed by atoms with Gasteiger partial charge in [-0.05, 0) is 117 Å². The third kappa shape index (κ3) is 8.33.